The molecule has 1 aromatic heterocycles. The van der Waals surface area contributed by atoms with Gasteiger partial charge < -0.3 is 9.32 Å². The molecule has 0 aliphatic carbocycles. The van der Waals surface area contributed by atoms with E-state index in [2.05, 4.69) is 223 Å². The van der Waals surface area contributed by atoms with Gasteiger partial charge in [-0.1, -0.05) is 152 Å². The number of rotatable bonds is 7. The number of oxazole rings is 1. The van der Waals surface area contributed by atoms with Gasteiger partial charge in [0.15, 0.2) is 5.58 Å². The van der Waals surface area contributed by atoms with Gasteiger partial charge in [-0.3, -0.25) is 0 Å². The molecule has 58 heavy (non-hydrogen) atoms. The average Bonchev–Trinajstić information content (AvgIpc) is 3.75. The molecule has 0 atom stereocenters. The van der Waals surface area contributed by atoms with Crippen LogP contribution in [0.4, 0.5) is 17.1 Å². The summed E-state index contributed by atoms with van der Waals surface area (Å²) < 4.78 is 6.48. The Morgan fingerprint density at radius 3 is 1.57 bits per heavy atom. The van der Waals surface area contributed by atoms with E-state index in [9.17, 15) is 0 Å². The van der Waals surface area contributed by atoms with E-state index >= 15 is 0 Å². The van der Waals surface area contributed by atoms with Gasteiger partial charge in [0.05, 0.1) is 0 Å². The van der Waals surface area contributed by atoms with Crippen molar-refractivity contribution in [2.75, 3.05) is 4.90 Å². The first-order valence-corrected chi connectivity index (χ1v) is 19.7. The maximum Gasteiger partial charge on any atom is 0.227 e. The molecule has 3 nitrogen and oxygen atoms in total. The predicted molar refractivity (Wildman–Crippen MR) is 243 cm³/mol. The summed E-state index contributed by atoms with van der Waals surface area (Å²) in [5.41, 5.74) is 13.1. The van der Waals surface area contributed by atoms with Crippen molar-refractivity contribution >= 4 is 60.5 Å². The molecule has 11 rings (SSSR count). The summed E-state index contributed by atoms with van der Waals surface area (Å²) in [6, 6.07) is 77.8. The molecule has 0 bridgehead atoms. The Bertz CT molecular complexity index is 3260. The summed E-state index contributed by atoms with van der Waals surface area (Å²) in [7, 11) is 0. The van der Waals surface area contributed by atoms with Crippen LogP contribution in [-0.2, 0) is 0 Å². The van der Waals surface area contributed by atoms with Crippen LogP contribution in [0.25, 0.3) is 88.3 Å². The van der Waals surface area contributed by atoms with Crippen molar-refractivity contribution in [1.29, 1.82) is 0 Å². The quantitative estimate of drug-likeness (QED) is 0.163. The highest BCUT2D eigenvalue weighted by Gasteiger charge is 2.16. The predicted octanol–water partition coefficient (Wildman–Crippen LogP) is 15.4. The van der Waals surface area contributed by atoms with Crippen LogP contribution in [0.5, 0.6) is 0 Å². The fourth-order valence-corrected chi connectivity index (χ4v) is 8.38. The maximum absolute atomic E-state index is 6.48. The number of benzene rings is 10. The van der Waals surface area contributed by atoms with E-state index in [1.54, 1.807) is 0 Å². The molecule has 10 aromatic carbocycles. The monoisotopic (exact) mass is 740 g/mol. The Hall–Kier alpha value is -7.75. The summed E-state index contributed by atoms with van der Waals surface area (Å²) in [5.74, 6) is 0.636. The summed E-state index contributed by atoms with van der Waals surface area (Å²) in [4.78, 5) is 7.21. The Morgan fingerprint density at radius 2 is 0.845 bits per heavy atom. The Labute approximate surface area is 336 Å². The highest BCUT2D eigenvalue weighted by Crippen LogP contribution is 2.41. The van der Waals surface area contributed by atoms with Crippen molar-refractivity contribution in [3.05, 3.63) is 218 Å². The van der Waals surface area contributed by atoms with Crippen molar-refractivity contribution in [3.63, 3.8) is 0 Å². The second-order valence-corrected chi connectivity index (χ2v) is 14.8. The normalized spacial score (nSPS) is 11.4. The van der Waals surface area contributed by atoms with Crippen molar-refractivity contribution in [2.45, 2.75) is 0 Å². The lowest BCUT2D eigenvalue weighted by Crippen LogP contribution is -2.09. The third-order valence-electron chi connectivity index (χ3n) is 11.3. The number of para-hydroxylation sites is 1. The van der Waals surface area contributed by atoms with Crippen molar-refractivity contribution in [3.8, 4) is 44.8 Å². The zero-order chi connectivity index (χ0) is 38.4. The first-order chi connectivity index (χ1) is 28.7. The minimum Gasteiger partial charge on any atom is -0.435 e. The van der Waals surface area contributed by atoms with Crippen LogP contribution in [0, 0.1) is 0 Å². The van der Waals surface area contributed by atoms with Gasteiger partial charge in [-0.15, -0.1) is 0 Å². The van der Waals surface area contributed by atoms with Crippen molar-refractivity contribution in [1.82, 2.24) is 4.98 Å². The highest BCUT2D eigenvalue weighted by atomic mass is 16.3. The van der Waals surface area contributed by atoms with Gasteiger partial charge in [0.1, 0.15) is 5.52 Å². The number of fused-ring (bicyclic) bond motifs is 5. The van der Waals surface area contributed by atoms with Crippen LogP contribution in [0.1, 0.15) is 0 Å². The van der Waals surface area contributed by atoms with E-state index in [-0.39, 0.29) is 0 Å². The molecule has 272 valence electrons. The van der Waals surface area contributed by atoms with Crippen LogP contribution in [0.15, 0.2) is 223 Å². The molecular formula is C55H36N2O. The zero-order valence-electron chi connectivity index (χ0n) is 31.6. The van der Waals surface area contributed by atoms with Crippen LogP contribution in [0.3, 0.4) is 0 Å². The largest absolute Gasteiger partial charge is 0.435 e. The molecule has 3 heteroatoms. The lowest BCUT2D eigenvalue weighted by molar-refractivity contribution is 0.623. The standard InChI is InChI=1S/C55H36N2O/c1-3-11-37(12-4-1)39-21-27-46(28-22-39)57(45-15-5-2-6-16-45)47-29-23-40(24-30-47)48-32-33-49(52-18-10-9-17-51(48)52)42-25-31-50-43(36-42)26-34-53-54(50)58-55(56-53)44-20-19-38-13-7-8-14-41(38)35-44/h1-36H. The highest BCUT2D eigenvalue weighted by molar-refractivity contribution is 6.09. The fraction of sp³-hybridized carbons (Fsp3) is 0. The molecule has 0 amide bonds. The van der Waals surface area contributed by atoms with E-state index in [0.717, 1.165) is 50.1 Å². The summed E-state index contributed by atoms with van der Waals surface area (Å²) in [5, 5.41) is 6.97. The molecule has 0 fully saturated rings. The number of nitrogens with zero attached hydrogens (tertiary/aromatic N) is 2. The number of hydrogen-bond acceptors (Lipinski definition) is 3. The van der Waals surface area contributed by atoms with Gasteiger partial charge in [-0.25, -0.2) is 4.98 Å². The van der Waals surface area contributed by atoms with Crippen molar-refractivity contribution in [2.24, 2.45) is 0 Å². The molecule has 11 aromatic rings. The first-order valence-electron chi connectivity index (χ1n) is 19.7. The maximum atomic E-state index is 6.48. The second-order valence-electron chi connectivity index (χ2n) is 14.8. The lowest BCUT2D eigenvalue weighted by Gasteiger charge is -2.26. The molecule has 0 radical (unpaired) electrons. The van der Waals surface area contributed by atoms with Gasteiger partial charge in [-0.2, -0.15) is 0 Å². The number of anilines is 3. The van der Waals surface area contributed by atoms with E-state index in [1.807, 2.05) is 0 Å². The Kier molecular flexibility index (Phi) is 8.15. The van der Waals surface area contributed by atoms with E-state index < -0.39 is 0 Å². The fourth-order valence-electron chi connectivity index (χ4n) is 8.38. The van der Waals surface area contributed by atoms with Crippen LogP contribution >= 0.6 is 0 Å². The van der Waals surface area contributed by atoms with Gasteiger partial charge in [0, 0.05) is 28.0 Å². The topological polar surface area (TPSA) is 29.3 Å². The Balaban J connectivity index is 0.928. The summed E-state index contributed by atoms with van der Waals surface area (Å²) in [6.45, 7) is 0. The van der Waals surface area contributed by atoms with E-state index in [4.69, 9.17) is 9.40 Å². The van der Waals surface area contributed by atoms with Crippen LogP contribution in [0.2, 0.25) is 0 Å². The van der Waals surface area contributed by atoms with E-state index in [1.165, 1.54) is 49.4 Å². The molecule has 0 saturated heterocycles. The molecule has 0 aliphatic rings. The molecule has 0 N–H and O–H groups in total. The average molecular weight is 741 g/mol. The van der Waals surface area contributed by atoms with Crippen LogP contribution in [-0.4, -0.2) is 4.98 Å². The molecule has 1 heterocycles. The summed E-state index contributed by atoms with van der Waals surface area (Å²) >= 11 is 0. The minimum atomic E-state index is 0.636. The van der Waals surface area contributed by atoms with E-state index in [0.29, 0.717) is 5.89 Å². The van der Waals surface area contributed by atoms with Gasteiger partial charge >= 0.3 is 0 Å². The number of hydrogen-bond donors (Lipinski definition) is 0. The smallest absolute Gasteiger partial charge is 0.227 e. The molecule has 0 saturated carbocycles. The zero-order valence-corrected chi connectivity index (χ0v) is 31.6. The molecular weight excluding hydrogens is 705 g/mol. The summed E-state index contributed by atoms with van der Waals surface area (Å²) in [6.07, 6.45) is 0. The molecule has 0 aliphatic heterocycles. The molecule has 0 unspecified atom stereocenters. The third-order valence-corrected chi connectivity index (χ3v) is 11.3. The van der Waals surface area contributed by atoms with Gasteiger partial charge in [0.25, 0.3) is 0 Å². The number of aromatic nitrogens is 1. The van der Waals surface area contributed by atoms with Crippen molar-refractivity contribution < 1.29 is 4.42 Å². The SMILES string of the molecule is c1ccc(-c2ccc(N(c3ccccc3)c3ccc(-c4ccc(-c5ccc6c(ccc7nc(-c8ccc9ccccc9c8)oc76)c5)c5ccccc45)cc3)cc2)cc1. The minimum absolute atomic E-state index is 0.636. The second kappa shape index (κ2) is 14.1. The van der Waals surface area contributed by atoms with Gasteiger partial charge in [-0.05, 0) is 127 Å². The lowest BCUT2D eigenvalue weighted by atomic mass is 9.91. The van der Waals surface area contributed by atoms with Gasteiger partial charge in [0.2, 0.25) is 5.89 Å². The third kappa shape index (κ3) is 5.98. The van der Waals surface area contributed by atoms with Crippen LogP contribution < -0.4 is 4.90 Å². The Morgan fingerprint density at radius 1 is 0.328 bits per heavy atom. The first kappa shape index (κ1) is 33.6. The molecule has 0 spiro atoms.